The molecule has 1 aromatic heterocycles. The third-order valence-electron chi connectivity index (χ3n) is 5.69. The first-order valence-electron chi connectivity index (χ1n) is 12.4. The van der Waals surface area contributed by atoms with Crippen LogP contribution >= 0.6 is 0 Å². The predicted molar refractivity (Wildman–Crippen MR) is 139 cm³/mol. The smallest absolute Gasteiger partial charge is 0.247 e. The Hall–Kier alpha value is -3.52. The number of nitrogens with zero attached hydrogens (tertiary/aromatic N) is 2. The van der Waals surface area contributed by atoms with Crippen molar-refractivity contribution in [3.8, 4) is 0 Å². The van der Waals surface area contributed by atoms with E-state index in [4.69, 9.17) is 0 Å². The van der Waals surface area contributed by atoms with Crippen LogP contribution in [0.1, 0.15) is 51.7 Å². The van der Waals surface area contributed by atoms with Gasteiger partial charge in [0.15, 0.2) is 0 Å². The lowest BCUT2D eigenvalue weighted by molar-refractivity contribution is -0.147. The number of amides is 3. The molecule has 1 heterocycles. The van der Waals surface area contributed by atoms with Crippen LogP contribution in [-0.4, -0.2) is 39.5 Å². The molecule has 0 radical (unpaired) electrons. The number of allylic oxidation sites excluding steroid dienone is 1. The van der Waals surface area contributed by atoms with Crippen LogP contribution in [0.2, 0.25) is 0 Å². The number of hydrogen-bond acceptors (Lipinski definition) is 5. The summed E-state index contributed by atoms with van der Waals surface area (Å²) in [5.41, 5.74) is 6.27. The molecule has 3 N–H and O–H groups in total. The van der Waals surface area contributed by atoms with E-state index in [0.717, 1.165) is 11.1 Å². The van der Waals surface area contributed by atoms with E-state index in [-0.39, 0.29) is 30.6 Å². The monoisotopic (exact) mass is 494 g/mol. The number of carbonyl (C=O) groups excluding carboxylic acids is 3. The van der Waals surface area contributed by atoms with Gasteiger partial charge >= 0.3 is 0 Å². The molecule has 194 valence electrons. The number of hydroxylamine groups is 1. The van der Waals surface area contributed by atoms with Crippen molar-refractivity contribution in [1.82, 2.24) is 20.9 Å². The first-order chi connectivity index (χ1) is 17.2. The number of benzene rings is 1. The van der Waals surface area contributed by atoms with Crippen molar-refractivity contribution in [2.45, 2.75) is 47.0 Å². The Kier molecular flexibility index (Phi) is 11.8. The molecule has 0 bridgehead atoms. The highest BCUT2D eigenvalue weighted by Gasteiger charge is 2.35. The SMILES string of the molecule is CC(C)C[C@@H](C(=O)NN(CC(C)C)C(=O)Cc1ccncc1)[C@H](CC=Cc1ccccc1)C(=O)NO. The summed E-state index contributed by atoms with van der Waals surface area (Å²) in [6.45, 7) is 8.18. The zero-order valence-electron chi connectivity index (χ0n) is 21.6. The van der Waals surface area contributed by atoms with Gasteiger partial charge in [-0.1, -0.05) is 70.2 Å². The van der Waals surface area contributed by atoms with Gasteiger partial charge < -0.3 is 0 Å². The van der Waals surface area contributed by atoms with Crippen LogP contribution < -0.4 is 10.9 Å². The molecule has 0 aliphatic heterocycles. The van der Waals surface area contributed by atoms with Gasteiger partial charge in [-0.05, 0) is 47.9 Å². The molecule has 0 aliphatic rings. The number of rotatable bonds is 12. The quantitative estimate of drug-likeness (QED) is 0.305. The average molecular weight is 495 g/mol. The molecular weight excluding hydrogens is 456 g/mol. The molecule has 2 aromatic rings. The maximum absolute atomic E-state index is 13.5. The topological polar surface area (TPSA) is 112 Å². The fraction of sp³-hybridized carbons (Fsp3) is 0.429. The number of pyridine rings is 1. The first kappa shape index (κ1) is 28.7. The summed E-state index contributed by atoms with van der Waals surface area (Å²) in [7, 11) is 0. The molecule has 3 amide bonds. The van der Waals surface area contributed by atoms with Gasteiger partial charge in [0.25, 0.3) is 0 Å². The minimum absolute atomic E-state index is 0.110. The van der Waals surface area contributed by atoms with Gasteiger partial charge in [0.2, 0.25) is 17.7 Å². The van der Waals surface area contributed by atoms with Crippen molar-refractivity contribution in [3.05, 3.63) is 72.1 Å². The summed E-state index contributed by atoms with van der Waals surface area (Å²) < 4.78 is 0. The number of hydrazine groups is 1. The molecule has 1 aromatic carbocycles. The second-order valence-electron chi connectivity index (χ2n) is 9.77. The Labute approximate surface area is 213 Å². The van der Waals surface area contributed by atoms with Crippen LogP contribution in [0.3, 0.4) is 0 Å². The minimum atomic E-state index is -0.812. The fourth-order valence-electron chi connectivity index (χ4n) is 3.98. The summed E-state index contributed by atoms with van der Waals surface area (Å²) in [5, 5.41) is 10.8. The largest absolute Gasteiger partial charge is 0.289 e. The summed E-state index contributed by atoms with van der Waals surface area (Å²) in [6.07, 6.45) is 7.73. The van der Waals surface area contributed by atoms with Gasteiger partial charge in [-0.25, -0.2) is 5.48 Å². The first-order valence-corrected chi connectivity index (χ1v) is 12.4. The van der Waals surface area contributed by atoms with Gasteiger partial charge in [0.1, 0.15) is 0 Å². The standard InChI is InChI=1S/C28H38N4O4/c1-20(2)17-25(24(28(35)31-36)12-8-11-22-9-6-5-7-10-22)27(34)30-32(19-21(3)4)26(33)18-23-13-15-29-16-14-23/h5-11,13-16,20-21,24-25,36H,12,17-19H2,1-4H3,(H,30,34)(H,31,35)/t24-,25+/m0/s1. The van der Waals surface area contributed by atoms with Crippen molar-refractivity contribution < 1.29 is 19.6 Å². The van der Waals surface area contributed by atoms with Crippen molar-refractivity contribution >= 4 is 23.8 Å². The summed E-state index contributed by atoms with van der Waals surface area (Å²) in [4.78, 5) is 43.2. The Balaban J connectivity index is 2.24. The molecule has 0 aliphatic carbocycles. The van der Waals surface area contributed by atoms with E-state index < -0.39 is 23.7 Å². The lowest BCUT2D eigenvalue weighted by atomic mass is 9.82. The van der Waals surface area contributed by atoms with E-state index in [1.165, 1.54) is 5.01 Å². The molecule has 36 heavy (non-hydrogen) atoms. The molecule has 2 atom stereocenters. The number of nitrogens with one attached hydrogen (secondary N) is 2. The average Bonchev–Trinajstić information content (AvgIpc) is 2.85. The van der Waals surface area contributed by atoms with Crippen molar-refractivity contribution in [3.63, 3.8) is 0 Å². The van der Waals surface area contributed by atoms with Gasteiger partial charge in [0.05, 0.1) is 18.3 Å². The highest BCUT2D eigenvalue weighted by molar-refractivity contribution is 5.89. The van der Waals surface area contributed by atoms with Crippen molar-refractivity contribution in [1.29, 1.82) is 0 Å². The van der Waals surface area contributed by atoms with Gasteiger partial charge in [-0.3, -0.25) is 35.0 Å². The molecule has 2 rings (SSSR count). The highest BCUT2D eigenvalue weighted by Crippen LogP contribution is 2.26. The van der Waals surface area contributed by atoms with Crippen LogP contribution in [0, 0.1) is 23.7 Å². The van der Waals surface area contributed by atoms with E-state index in [0.29, 0.717) is 13.0 Å². The van der Waals surface area contributed by atoms with Crippen LogP contribution in [0.4, 0.5) is 0 Å². The summed E-state index contributed by atoms with van der Waals surface area (Å²) in [5.74, 6) is -2.64. The third-order valence-corrected chi connectivity index (χ3v) is 5.69. The van der Waals surface area contributed by atoms with Crippen molar-refractivity contribution in [2.75, 3.05) is 6.54 Å². The number of carbonyl (C=O) groups is 3. The maximum atomic E-state index is 13.5. The summed E-state index contributed by atoms with van der Waals surface area (Å²) >= 11 is 0. The molecule has 0 spiro atoms. The van der Waals surface area contributed by atoms with Gasteiger partial charge in [-0.15, -0.1) is 0 Å². The Morgan fingerprint density at radius 1 is 0.944 bits per heavy atom. The highest BCUT2D eigenvalue weighted by atomic mass is 16.5. The minimum Gasteiger partial charge on any atom is -0.289 e. The lowest BCUT2D eigenvalue weighted by Gasteiger charge is -2.30. The van der Waals surface area contributed by atoms with Crippen LogP contribution in [0.15, 0.2) is 60.9 Å². The second kappa shape index (κ2) is 14.8. The second-order valence-corrected chi connectivity index (χ2v) is 9.77. The number of hydrogen-bond donors (Lipinski definition) is 3. The lowest BCUT2D eigenvalue weighted by Crippen LogP contribution is -2.52. The molecule has 8 heteroatoms. The fourth-order valence-corrected chi connectivity index (χ4v) is 3.98. The van der Waals surface area contributed by atoms with Crippen LogP contribution in [0.5, 0.6) is 0 Å². The Morgan fingerprint density at radius 3 is 2.19 bits per heavy atom. The van der Waals surface area contributed by atoms with E-state index in [1.807, 2.05) is 70.2 Å². The van der Waals surface area contributed by atoms with Crippen LogP contribution in [0.25, 0.3) is 6.08 Å². The van der Waals surface area contributed by atoms with Gasteiger partial charge in [-0.2, -0.15) is 0 Å². The Morgan fingerprint density at radius 2 is 1.61 bits per heavy atom. The van der Waals surface area contributed by atoms with E-state index >= 15 is 0 Å². The zero-order chi connectivity index (χ0) is 26.5. The van der Waals surface area contributed by atoms with Gasteiger partial charge in [0, 0.05) is 18.9 Å². The van der Waals surface area contributed by atoms with E-state index in [1.54, 1.807) is 30.0 Å². The van der Waals surface area contributed by atoms with Crippen molar-refractivity contribution in [2.24, 2.45) is 23.7 Å². The maximum Gasteiger partial charge on any atom is 0.247 e. The predicted octanol–water partition coefficient (Wildman–Crippen LogP) is 4.03. The Bertz CT molecular complexity index is 993. The van der Waals surface area contributed by atoms with E-state index in [9.17, 15) is 19.6 Å². The molecule has 8 nitrogen and oxygen atoms in total. The third kappa shape index (κ3) is 9.62. The molecule has 0 fully saturated rings. The molecule has 0 saturated heterocycles. The molecule has 0 saturated carbocycles. The number of aromatic nitrogens is 1. The molecular formula is C28H38N4O4. The summed E-state index contributed by atoms with van der Waals surface area (Å²) in [6, 6.07) is 13.1. The normalized spacial score (nSPS) is 13.0. The zero-order valence-corrected chi connectivity index (χ0v) is 21.6. The van der Waals surface area contributed by atoms with E-state index in [2.05, 4.69) is 10.4 Å². The van der Waals surface area contributed by atoms with Crippen LogP contribution in [-0.2, 0) is 20.8 Å². The molecule has 0 unspecified atom stereocenters.